The highest BCUT2D eigenvalue weighted by atomic mass is 16.5. The van der Waals surface area contributed by atoms with Crippen molar-refractivity contribution >= 4 is 5.91 Å². The molecular formula is C12H22N2O3. The third-order valence-corrected chi connectivity index (χ3v) is 4.00. The molecule has 5 heteroatoms. The Balaban J connectivity index is 1.95. The summed E-state index contributed by atoms with van der Waals surface area (Å²) in [5.74, 6) is 0.463. The third-order valence-electron chi connectivity index (χ3n) is 4.00. The zero-order valence-electron chi connectivity index (χ0n) is 10.4. The SMILES string of the molecule is CC1CNCC1C(=O)NC1(CO)CCOCC1. The van der Waals surface area contributed by atoms with Gasteiger partial charge in [0.25, 0.3) is 0 Å². The smallest absolute Gasteiger partial charge is 0.225 e. The molecule has 0 aromatic carbocycles. The fraction of sp³-hybridized carbons (Fsp3) is 0.917. The summed E-state index contributed by atoms with van der Waals surface area (Å²) in [6.45, 7) is 4.94. The predicted octanol–water partition coefficient (Wildman–Crippen LogP) is -0.500. The maximum Gasteiger partial charge on any atom is 0.225 e. The van der Waals surface area contributed by atoms with Crippen LogP contribution in [0.15, 0.2) is 0 Å². The second kappa shape index (κ2) is 5.33. The molecule has 0 spiro atoms. The van der Waals surface area contributed by atoms with Crippen molar-refractivity contribution in [3.8, 4) is 0 Å². The number of ether oxygens (including phenoxy) is 1. The largest absolute Gasteiger partial charge is 0.394 e. The van der Waals surface area contributed by atoms with Gasteiger partial charge >= 0.3 is 0 Å². The minimum atomic E-state index is -0.461. The van der Waals surface area contributed by atoms with Crippen LogP contribution in [0.5, 0.6) is 0 Å². The van der Waals surface area contributed by atoms with E-state index in [1.807, 2.05) is 0 Å². The summed E-state index contributed by atoms with van der Waals surface area (Å²) in [7, 11) is 0. The van der Waals surface area contributed by atoms with Crippen LogP contribution in [0.3, 0.4) is 0 Å². The van der Waals surface area contributed by atoms with E-state index in [2.05, 4.69) is 17.6 Å². The summed E-state index contributed by atoms with van der Waals surface area (Å²) in [5, 5.41) is 15.8. The first-order valence-corrected chi connectivity index (χ1v) is 6.38. The fourth-order valence-electron chi connectivity index (χ4n) is 2.60. The number of hydrogen-bond donors (Lipinski definition) is 3. The molecule has 0 bridgehead atoms. The molecular weight excluding hydrogens is 220 g/mol. The van der Waals surface area contributed by atoms with E-state index in [4.69, 9.17) is 4.74 Å². The lowest BCUT2D eigenvalue weighted by Gasteiger charge is -2.37. The number of rotatable bonds is 3. The van der Waals surface area contributed by atoms with Gasteiger partial charge in [-0.2, -0.15) is 0 Å². The molecule has 2 saturated heterocycles. The topological polar surface area (TPSA) is 70.6 Å². The first-order valence-electron chi connectivity index (χ1n) is 6.38. The average molecular weight is 242 g/mol. The molecule has 2 aliphatic heterocycles. The van der Waals surface area contributed by atoms with E-state index in [-0.39, 0.29) is 18.4 Å². The van der Waals surface area contributed by atoms with Crippen molar-refractivity contribution in [2.24, 2.45) is 11.8 Å². The molecule has 2 fully saturated rings. The van der Waals surface area contributed by atoms with E-state index >= 15 is 0 Å². The fourth-order valence-corrected chi connectivity index (χ4v) is 2.60. The molecule has 0 aromatic heterocycles. The number of nitrogens with one attached hydrogen (secondary N) is 2. The lowest BCUT2D eigenvalue weighted by atomic mass is 9.89. The Labute approximate surface area is 102 Å². The molecule has 3 N–H and O–H groups in total. The predicted molar refractivity (Wildman–Crippen MR) is 63.5 cm³/mol. The van der Waals surface area contributed by atoms with Crippen LogP contribution in [-0.4, -0.2) is 49.5 Å². The van der Waals surface area contributed by atoms with Gasteiger partial charge in [0.05, 0.1) is 18.1 Å². The molecule has 2 aliphatic rings. The molecule has 2 atom stereocenters. The summed E-state index contributed by atoms with van der Waals surface area (Å²) in [6.07, 6.45) is 1.40. The van der Waals surface area contributed by atoms with E-state index in [1.54, 1.807) is 0 Å². The van der Waals surface area contributed by atoms with Crippen LogP contribution in [0.25, 0.3) is 0 Å². The van der Waals surface area contributed by atoms with Crippen LogP contribution < -0.4 is 10.6 Å². The van der Waals surface area contributed by atoms with Crippen LogP contribution in [0.4, 0.5) is 0 Å². The molecule has 2 unspecified atom stereocenters. The molecule has 0 aromatic rings. The lowest BCUT2D eigenvalue weighted by molar-refractivity contribution is -0.129. The van der Waals surface area contributed by atoms with Gasteiger partial charge in [-0.3, -0.25) is 4.79 Å². The Bertz CT molecular complexity index is 277. The number of hydrogen-bond acceptors (Lipinski definition) is 4. The number of carbonyl (C=O) groups is 1. The van der Waals surface area contributed by atoms with Crippen LogP contribution in [0, 0.1) is 11.8 Å². The molecule has 98 valence electrons. The van der Waals surface area contributed by atoms with Gasteiger partial charge in [-0.05, 0) is 25.3 Å². The van der Waals surface area contributed by atoms with Gasteiger partial charge in [0.2, 0.25) is 5.91 Å². The van der Waals surface area contributed by atoms with E-state index in [9.17, 15) is 9.90 Å². The summed E-state index contributed by atoms with van der Waals surface area (Å²) < 4.78 is 5.28. The molecule has 2 heterocycles. The van der Waals surface area contributed by atoms with Crippen LogP contribution in [0.2, 0.25) is 0 Å². The Morgan fingerprint density at radius 3 is 2.71 bits per heavy atom. The Morgan fingerprint density at radius 2 is 2.18 bits per heavy atom. The molecule has 5 nitrogen and oxygen atoms in total. The summed E-state index contributed by atoms with van der Waals surface area (Å²) in [5.41, 5.74) is -0.461. The highest BCUT2D eigenvalue weighted by molar-refractivity contribution is 5.80. The number of aliphatic hydroxyl groups excluding tert-OH is 1. The molecule has 0 aliphatic carbocycles. The minimum Gasteiger partial charge on any atom is -0.394 e. The third kappa shape index (κ3) is 2.78. The average Bonchev–Trinajstić information content (AvgIpc) is 2.77. The van der Waals surface area contributed by atoms with E-state index in [1.165, 1.54) is 0 Å². The monoisotopic (exact) mass is 242 g/mol. The van der Waals surface area contributed by atoms with Gasteiger partial charge in [0, 0.05) is 19.8 Å². The quantitative estimate of drug-likeness (QED) is 0.624. The highest BCUT2D eigenvalue weighted by Crippen LogP contribution is 2.23. The standard InChI is InChI=1S/C12H22N2O3/c1-9-6-13-7-10(9)11(16)14-12(8-15)2-4-17-5-3-12/h9-10,13,15H,2-8H2,1H3,(H,14,16). The first kappa shape index (κ1) is 12.8. The number of amides is 1. The van der Waals surface area contributed by atoms with Crippen molar-refractivity contribution in [1.82, 2.24) is 10.6 Å². The second-order valence-electron chi connectivity index (χ2n) is 5.28. The molecule has 17 heavy (non-hydrogen) atoms. The van der Waals surface area contributed by atoms with Crippen molar-refractivity contribution in [2.45, 2.75) is 25.3 Å². The Morgan fingerprint density at radius 1 is 1.47 bits per heavy atom. The minimum absolute atomic E-state index is 0.00334. The van der Waals surface area contributed by atoms with Gasteiger partial charge in [-0.25, -0.2) is 0 Å². The van der Waals surface area contributed by atoms with E-state index in [0.29, 0.717) is 32.0 Å². The van der Waals surface area contributed by atoms with Gasteiger partial charge in [0.15, 0.2) is 0 Å². The Kier molecular flexibility index (Phi) is 4.01. The summed E-state index contributed by atoms with van der Waals surface area (Å²) >= 11 is 0. The maximum absolute atomic E-state index is 12.2. The first-order chi connectivity index (χ1) is 8.17. The number of aliphatic hydroxyl groups is 1. The van der Waals surface area contributed by atoms with Crippen molar-refractivity contribution in [1.29, 1.82) is 0 Å². The molecule has 2 rings (SSSR count). The zero-order valence-corrected chi connectivity index (χ0v) is 10.4. The van der Waals surface area contributed by atoms with Gasteiger partial charge in [0.1, 0.15) is 0 Å². The van der Waals surface area contributed by atoms with E-state index < -0.39 is 5.54 Å². The zero-order chi connectivity index (χ0) is 12.3. The van der Waals surface area contributed by atoms with Gasteiger partial charge in [-0.1, -0.05) is 6.92 Å². The highest BCUT2D eigenvalue weighted by Gasteiger charge is 2.37. The molecule has 1 amide bonds. The van der Waals surface area contributed by atoms with Crippen molar-refractivity contribution in [3.05, 3.63) is 0 Å². The lowest BCUT2D eigenvalue weighted by Crippen LogP contribution is -2.56. The summed E-state index contributed by atoms with van der Waals surface area (Å²) in [4.78, 5) is 12.2. The molecule has 0 saturated carbocycles. The summed E-state index contributed by atoms with van der Waals surface area (Å²) in [6, 6.07) is 0. The van der Waals surface area contributed by atoms with Crippen LogP contribution >= 0.6 is 0 Å². The van der Waals surface area contributed by atoms with Gasteiger partial charge in [-0.15, -0.1) is 0 Å². The van der Waals surface area contributed by atoms with Crippen LogP contribution in [-0.2, 0) is 9.53 Å². The van der Waals surface area contributed by atoms with Gasteiger partial charge < -0.3 is 20.5 Å². The van der Waals surface area contributed by atoms with Crippen molar-refractivity contribution in [3.63, 3.8) is 0 Å². The van der Waals surface area contributed by atoms with Crippen LogP contribution in [0.1, 0.15) is 19.8 Å². The normalized spacial score (nSPS) is 32.4. The Hall–Kier alpha value is -0.650. The van der Waals surface area contributed by atoms with Crippen molar-refractivity contribution < 1.29 is 14.6 Å². The van der Waals surface area contributed by atoms with Crippen molar-refractivity contribution in [2.75, 3.05) is 32.9 Å². The van der Waals surface area contributed by atoms with E-state index in [0.717, 1.165) is 13.1 Å². The number of carbonyl (C=O) groups excluding carboxylic acids is 1. The second-order valence-corrected chi connectivity index (χ2v) is 5.28. The maximum atomic E-state index is 12.2. The molecule has 0 radical (unpaired) electrons.